The van der Waals surface area contributed by atoms with Crippen molar-refractivity contribution in [3.05, 3.63) is 108 Å². The molecule has 380 valence electrons. The van der Waals surface area contributed by atoms with E-state index in [0.29, 0.717) is 34.8 Å². The van der Waals surface area contributed by atoms with Crippen molar-refractivity contribution < 1.29 is 38.5 Å². The van der Waals surface area contributed by atoms with Crippen LogP contribution in [0.4, 0.5) is 0 Å². The first-order chi connectivity index (χ1) is 34.2. The van der Waals surface area contributed by atoms with Gasteiger partial charge in [0.25, 0.3) is 0 Å². The molecule has 3 N–H and O–H groups in total. The molecule has 7 fully saturated rings. The van der Waals surface area contributed by atoms with Gasteiger partial charge in [-0.2, -0.15) is 0 Å². The maximum Gasteiger partial charge on any atom is 0.239 e. The van der Waals surface area contributed by atoms with Crippen molar-refractivity contribution in [3.63, 3.8) is 0 Å². The molecule has 15 rings (SSSR count). The molecule has 72 heavy (non-hydrogen) atoms. The maximum absolute atomic E-state index is 17.5. The van der Waals surface area contributed by atoms with E-state index in [1.54, 1.807) is 0 Å². The van der Waals surface area contributed by atoms with Gasteiger partial charge in [-0.15, -0.1) is 13.2 Å². The fourth-order valence-corrected chi connectivity index (χ4v) is 21.0. The molecule has 10 nitrogen and oxygen atoms in total. The van der Waals surface area contributed by atoms with Gasteiger partial charge < -0.3 is 30.0 Å². The molecule has 2 amide bonds. The standard InChI is InChI=1S/C62H74N2O8/c1-11-37-23-33(7)46-43-41(37)50(65)45-53-61(63-55(45)67,28-36-15-19-40(20-16-36)70-51(43)48-31(5)21-29(3)25-58(46,48)9)72-56-60(69)27-35-13-17-39(18-14-35)71-52-44-42(54(66)62(53,56)57(68)64-60)38(12-2)24-34(8)47(44)59(10)26-30(4)22-32(6)49(52)59/h11-20,23-24,29-32,37-38,41-49,51-53,56,69H,1-2,21-22,25-28H2,3-10H3,(H,63,67)(H,64,68)/t29-,30-,31+,32+,37-,38-,41+,42+,43-,44-,45-,46+,47+,48+,49+,51+,52+,53-,56-,58+,59+,60+,61-,62+/m1/s1. The molecule has 0 spiro atoms. The number of aliphatic hydroxyl groups is 1. The highest BCUT2D eigenvalue weighted by molar-refractivity contribution is 6.15. The molecule has 24 atom stereocenters. The number of carbonyl (C=O) groups is 4. The summed E-state index contributed by atoms with van der Waals surface area (Å²) in [5.41, 5.74) is -2.68. The first-order valence-corrected chi connectivity index (χ1v) is 27.5. The van der Waals surface area contributed by atoms with Gasteiger partial charge in [0.1, 0.15) is 46.9 Å². The summed E-state index contributed by atoms with van der Waals surface area (Å²) in [7, 11) is 0. The van der Waals surface area contributed by atoms with Gasteiger partial charge in [-0.05, 0) is 121 Å². The number of hydrogen-bond acceptors (Lipinski definition) is 8. The highest BCUT2D eigenvalue weighted by atomic mass is 16.6. The number of benzene rings is 2. The summed E-state index contributed by atoms with van der Waals surface area (Å²) >= 11 is 0. The summed E-state index contributed by atoms with van der Waals surface area (Å²) in [6.07, 6.45) is 9.73. The Kier molecular flexibility index (Phi) is 10.0. The number of ether oxygens (including phenoxy) is 3. The lowest BCUT2D eigenvalue weighted by molar-refractivity contribution is -0.164. The van der Waals surface area contributed by atoms with Gasteiger partial charge in [-0.3, -0.25) is 19.2 Å². The summed E-state index contributed by atoms with van der Waals surface area (Å²) in [5, 5.41) is 19.7. The van der Waals surface area contributed by atoms with Crippen LogP contribution in [0, 0.1) is 111 Å². The van der Waals surface area contributed by atoms with E-state index in [4.69, 9.17) is 14.2 Å². The van der Waals surface area contributed by atoms with Crippen LogP contribution < -0.4 is 20.1 Å². The Morgan fingerprint density at radius 3 is 1.68 bits per heavy atom. The number of ketones is 2. The first-order valence-electron chi connectivity index (χ1n) is 27.5. The van der Waals surface area contributed by atoms with E-state index in [1.807, 2.05) is 60.7 Å². The van der Waals surface area contributed by atoms with Crippen LogP contribution in [0.1, 0.15) is 92.2 Å². The van der Waals surface area contributed by atoms with Crippen LogP contribution in [0.15, 0.2) is 97.1 Å². The zero-order chi connectivity index (χ0) is 50.5. The maximum atomic E-state index is 17.5. The molecular formula is C62H74N2O8. The zero-order valence-electron chi connectivity index (χ0n) is 43.4. The van der Waals surface area contributed by atoms with Crippen molar-refractivity contribution >= 4 is 23.4 Å². The Balaban J connectivity index is 1.06. The van der Waals surface area contributed by atoms with Crippen LogP contribution in [-0.2, 0) is 36.8 Å². The third-order valence-corrected chi connectivity index (χ3v) is 22.1. The van der Waals surface area contributed by atoms with Crippen LogP contribution in [-0.4, -0.2) is 58.2 Å². The molecule has 0 unspecified atom stereocenters. The van der Waals surface area contributed by atoms with Gasteiger partial charge in [0.15, 0.2) is 17.2 Å². The summed E-state index contributed by atoms with van der Waals surface area (Å²) < 4.78 is 22.1. The molecule has 0 aromatic heterocycles. The van der Waals surface area contributed by atoms with E-state index in [2.05, 4.69) is 91.3 Å². The Labute approximate surface area is 425 Å². The first kappa shape index (κ1) is 46.9. The van der Waals surface area contributed by atoms with E-state index >= 15 is 19.2 Å². The zero-order valence-corrected chi connectivity index (χ0v) is 43.4. The van der Waals surface area contributed by atoms with Crippen molar-refractivity contribution in [2.75, 3.05) is 0 Å². The number of Topliss-reactive ketones (excluding diaryl/α,β-unsaturated/α-hetero) is 2. The molecule has 13 aliphatic rings. The minimum Gasteiger partial charge on any atom is -0.490 e. The molecule has 6 aliphatic carbocycles. The molecule has 2 aromatic carbocycles. The van der Waals surface area contributed by atoms with Crippen molar-refractivity contribution in [2.45, 2.75) is 124 Å². The molecular weight excluding hydrogens is 901 g/mol. The van der Waals surface area contributed by atoms with Gasteiger partial charge in [0, 0.05) is 60.2 Å². The quantitative estimate of drug-likeness (QED) is 0.200. The molecule has 7 heterocycles. The summed E-state index contributed by atoms with van der Waals surface area (Å²) in [4.78, 5) is 66.3. The fraction of sp³-hybridized carbons (Fsp3) is 0.613. The van der Waals surface area contributed by atoms with Crippen molar-refractivity contribution in [2.24, 2.45) is 111 Å². The SMILES string of the molecule is C=C[C@@H]1C=C(C)[C@H]2[C@@H]3[C@H](Oc4ccc(cc4)C[C@]45NC(=O)[C@H](C(=O)[C@@H]13)[C@H]4[C@]13C(=O)N[C@](O)(Cc4ccc(cc4)O[C@H]4[C@@H]6[C@@H](C1=O)[C@H](C=C)C=C(C)[C@@H]6[C@]1(C)C[C@H](C)C[C@H](C)[C@@H]41)[C@H]3O5)[C@@H]1[C@@H](C)C[C@@H](C)C[C@]12C. The number of allylic oxidation sites excluding steroid dienone is 6. The molecule has 2 aromatic rings. The fourth-order valence-electron chi connectivity index (χ4n) is 21.0. The van der Waals surface area contributed by atoms with Crippen molar-refractivity contribution in [1.82, 2.24) is 10.6 Å². The number of fused-ring (bicyclic) bond motifs is 8. The van der Waals surface area contributed by atoms with Gasteiger partial charge in [0.2, 0.25) is 11.8 Å². The van der Waals surface area contributed by atoms with Gasteiger partial charge in [0.05, 0.1) is 5.92 Å². The van der Waals surface area contributed by atoms with Crippen LogP contribution >= 0.6 is 0 Å². The molecule has 3 saturated heterocycles. The summed E-state index contributed by atoms with van der Waals surface area (Å²) in [5.74, 6) is -5.30. The minimum absolute atomic E-state index is 0.0397. The second kappa shape index (κ2) is 15.4. The summed E-state index contributed by atoms with van der Waals surface area (Å²) in [6, 6.07) is 15.7. The largest absolute Gasteiger partial charge is 0.490 e. The van der Waals surface area contributed by atoms with Crippen molar-refractivity contribution in [1.29, 1.82) is 0 Å². The lowest BCUT2D eigenvalue weighted by Gasteiger charge is -2.49. The monoisotopic (exact) mass is 975 g/mol. The highest BCUT2D eigenvalue weighted by Gasteiger charge is 2.85. The van der Waals surface area contributed by atoms with Crippen LogP contribution in [0.25, 0.3) is 0 Å². The number of amides is 2. The molecule has 4 saturated carbocycles. The molecule has 7 aliphatic heterocycles. The Hall–Kier alpha value is -4.80. The average molecular weight is 975 g/mol. The van der Waals surface area contributed by atoms with E-state index in [0.717, 1.165) is 31.2 Å². The van der Waals surface area contributed by atoms with E-state index in [9.17, 15) is 5.11 Å². The van der Waals surface area contributed by atoms with Gasteiger partial charge in [-0.25, -0.2) is 0 Å². The van der Waals surface area contributed by atoms with E-state index in [-0.39, 0.29) is 71.1 Å². The average Bonchev–Trinajstić information content (AvgIpc) is 4.00. The third-order valence-electron chi connectivity index (χ3n) is 22.1. The van der Waals surface area contributed by atoms with E-state index in [1.165, 1.54) is 11.1 Å². The predicted octanol–water partition coefficient (Wildman–Crippen LogP) is 9.02. The van der Waals surface area contributed by atoms with Crippen LogP contribution in [0.2, 0.25) is 0 Å². The second-order valence-electron chi connectivity index (χ2n) is 26.4. The molecule has 0 radical (unpaired) electrons. The lowest BCUT2D eigenvalue weighted by Crippen LogP contribution is -2.59. The lowest BCUT2D eigenvalue weighted by atomic mass is 9.52. The smallest absolute Gasteiger partial charge is 0.239 e. The highest BCUT2D eigenvalue weighted by Crippen LogP contribution is 2.72. The minimum atomic E-state index is -2.21. The molecule has 8 bridgehead atoms. The van der Waals surface area contributed by atoms with Crippen LogP contribution in [0.5, 0.6) is 11.5 Å². The van der Waals surface area contributed by atoms with Gasteiger partial charge >= 0.3 is 0 Å². The topological polar surface area (TPSA) is 140 Å². The number of rotatable bonds is 2. The Morgan fingerprint density at radius 2 is 1.17 bits per heavy atom. The van der Waals surface area contributed by atoms with E-state index < -0.39 is 88.1 Å². The number of hydrogen-bond donors (Lipinski definition) is 3. The van der Waals surface area contributed by atoms with Crippen molar-refractivity contribution in [3.8, 4) is 11.5 Å². The normalized spacial score (nSPS) is 51.2. The number of carbonyl (C=O) groups excluding carboxylic acids is 4. The predicted molar refractivity (Wildman–Crippen MR) is 272 cm³/mol. The van der Waals surface area contributed by atoms with Crippen LogP contribution in [0.3, 0.4) is 0 Å². The second-order valence-corrected chi connectivity index (χ2v) is 26.4. The number of nitrogens with one attached hydrogen (secondary N) is 2. The Morgan fingerprint density at radius 1 is 0.681 bits per heavy atom. The summed E-state index contributed by atoms with van der Waals surface area (Å²) in [6.45, 7) is 27.2. The third kappa shape index (κ3) is 5.86. The molecule has 10 heteroatoms. The Bertz CT molecular complexity index is 2780. The van der Waals surface area contributed by atoms with Gasteiger partial charge in [-0.1, -0.05) is 101 Å².